The van der Waals surface area contributed by atoms with E-state index >= 15 is 0 Å². The number of hydrogen-bond donors (Lipinski definition) is 0. The van der Waals surface area contributed by atoms with Crippen molar-refractivity contribution < 1.29 is 9.53 Å². The molecule has 3 nitrogen and oxygen atoms in total. The average Bonchev–Trinajstić information content (AvgIpc) is 2.87. The topological polar surface area (TPSA) is 39.2 Å². The van der Waals surface area contributed by atoms with E-state index in [0.717, 1.165) is 24.3 Å². The van der Waals surface area contributed by atoms with E-state index in [9.17, 15) is 4.79 Å². The van der Waals surface area contributed by atoms with Crippen molar-refractivity contribution in [2.45, 2.75) is 64.9 Å². The molecule has 0 aliphatic carbocycles. The van der Waals surface area contributed by atoms with E-state index in [1.807, 2.05) is 12.3 Å². The molecule has 1 atom stereocenters. The SMILES string of the molecule is CCCCCC[C@@H](OC(=O)CCC)c1nccs1. The predicted molar refractivity (Wildman–Crippen MR) is 74.6 cm³/mol. The molecule has 0 aliphatic rings. The zero-order chi connectivity index (χ0) is 13.2. The van der Waals surface area contributed by atoms with Crippen molar-refractivity contribution >= 4 is 17.3 Å². The number of rotatable bonds is 9. The molecule has 0 unspecified atom stereocenters. The van der Waals surface area contributed by atoms with Crippen molar-refractivity contribution in [3.8, 4) is 0 Å². The van der Waals surface area contributed by atoms with Crippen LogP contribution < -0.4 is 0 Å². The molecule has 4 heteroatoms. The fraction of sp³-hybridized carbons (Fsp3) is 0.714. The first-order valence-electron chi connectivity index (χ1n) is 6.86. The lowest BCUT2D eigenvalue weighted by atomic mass is 10.1. The predicted octanol–water partition coefficient (Wildman–Crippen LogP) is 4.50. The quantitative estimate of drug-likeness (QED) is 0.489. The number of hydrogen-bond acceptors (Lipinski definition) is 4. The maximum Gasteiger partial charge on any atom is 0.306 e. The van der Waals surface area contributed by atoms with Crippen molar-refractivity contribution in [3.05, 3.63) is 16.6 Å². The van der Waals surface area contributed by atoms with E-state index in [0.29, 0.717) is 6.42 Å². The first kappa shape index (κ1) is 15.2. The second kappa shape index (κ2) is 9.09. The second-order valence-electron chi connectivity index (χ2n) is 4.45. The van der Waals surface area contributed by atoms with Gasteiger partial charge in [0, 0.05) is 18.0 Å². The minimum absolute atomic E-state index is 0.104. The Morgan fingerprint density at radius 3 is 2.78 bits per heavy atom. The summed E-state index contributed by atoms with van der Waals surface area (Å²) in [6.07, 6.45) is 8.61. The van der Waals surface area contributed by atoms with Gasteiger partial charge in [0.2, 0.25) is 0 Å². The Balaban J connectivity index is 2.45. The van der Waals surface area contributed by atoms with Gasteiger partial charge in [-0.2, -0.15) is 0 Å². The summed E-state index contributed by atoms with van der Waals surface area (Å²) >= 11 is 1.57. The molecule has 1 aromatic rings. The van der Waals surface area contributed by atoms with Gasteiger partial charge in [0.05, 0.1) is 0 Å². The van der Waals surface area contributed by atoms with E-state index in [4.69, 9.17) is 4.74 Å². The van der Waals surface area contributed by atoms with Crippen LogP contribution in [0, 0.1) is 0 Å². The minimum atomic E-state index is -0.138. The number of aromatic nitrogens is 1. The van der Waals surface area contributed by atoms with Gasteiger partial charge in [-0.3, -0.25) is 4.79 Å². The van der Waals surface area contributed by atoms with Crippen LogP contribution in [0.25, 0.3) is 0 Å². The molecular formula is C14H23NO2S. The third kappa shape index (κ3) is 5.63. The molecule has 0 fully saturated rings. The van der Waals surface area contributed by atoms with Crippen LogP contribution in [0.2, 0.25) is 0 Å². The van der Waals surface area contributed by atoms with Gasteiger partial charge in [-0.25, -0.2) is 4.98 Å². The molecule has 0 amide bonds. The molecule has 1 aromatic heterocycles. The lowest BCUT2D eigenvalue weighted by molar-refractivity contribution is -0.150. The molecular weight excluding hydrogens is 246 g/mol. The smallest absolute Gasteiger partial charge is 0.306 e. The van der Waals surface area contributed by atoms with Gasteiger partial charge < -0.3 is 4.74 Å². The zero-order valence-corrected chi connectivity index (χ0v) is 12.2. The molecule has 1 heterocycles. The molecule has 1 rings (SSSR count). The summed E-state index contributed by atoms with van der Waals surface area (Å²) in [4.78, 5) is 15.9. The Bertz CT molecular complexity index is 325. The molecule has 0 saturated carbocycles. The second-order valence-corrected chi connectivity index (χ2v) is 5.37. The van der Waals surface area contributed by atoms with Crippen LogP contribution in [-0.2, 0) is 9.53 Å². The van der Waals surface area contributed by atoms with E-state index in [1.165, 1.54) is 19.3 Å². The summed E-state index contributed by atoms with van der Waals surface area (Å²) in [7, 11) is 0. The molecule has 0 radical (unpaired) electrons. The number of nitrogens with zero attached hydrogens (tertiary/aromatic N) is 1. The van der Waals surface area contributed by atoms with Crippen molar-refractivity contribution in [1.82, 2.24) is 4.98 Å². The zero-order valence-electron chi connectivity index (χ0n) is 11.4. The summed E-state index contributed by atoms with van der Waals surface area (Å²) < 4.78 is 5.52. The maximum absolute atomic E-state index is 11.6. The molecule has 0 aromatic carbocycles. The van der Waals surface area contributed by atoms with Crippen LogP contribution in [0.3, 0.4) is 0 Å². The van der Waals surface area contributed by atoms with Gasteiger partial charge in [-0.1, -0.05) is 33.1 Å². The van der Waals surface area contributed by atoms with Crippen LogP contribution in [0.1, 0.15) is 69.9 Å². The molecule has 18 heavy (non-hydrogen) atoms. The monoisotopic (exact) mass is 269 g/mol. The van der Waals surface area contributed by atoms with Gasteiger partial charge in [-0.15, -0.1) is 11.3 Å². The Morgan fingerprint density at radius 2 is 2.17 bits per heavy atom. The Morgan fingerprint density at radius 1 is 1.33 bits per heavy atom. The van der Waals surface area contributed by atoms with Crippen LogP contribution in [-0.4, -0.2) is 11.0 Å². The summed E-state index contributed by atoms with van der Waals surface area (Å²) in [6, 6.07) is 0. The highest BCUT2D eigenvalue weighted by atomic mass is 32.1. The van der Waals surface area contributed by atoms with E-state index in [2.05, 4.69) is 11.9 Å². The summed E-state index contributed by atoms with van der Waals surface area (Å²) in [5.41, 5.74) is 0. The number of esters is 1. The van der Waals surface area contributed by atoms with E-state index in [-0.39, 0.29) is 12.1 Å². The Labute approximate surface area is 114 Å². The first-order valence-corrected chi connectivity index (χ1v) is 7.74. The number of carbonyl (C=O) groups excluding carboxylic acids is 1. The Hall–Kier alpha value is -0.900. The van der Waals surface area contributed by atoms with Crippen molar-refractivity contribution in [1.29, 1.82) is 0 Å². The highest BCUT2D eigenvalue weighted by Crippen LogP contribution is 2.26. The fourth-order valence-corrected chi connectivity index (χ4v) is 2.51. The molecule has 102 valence electrons. The summed E-state index contributed by atoms with van der Waals surface area (Å²) in [5.74, 6) is -0.104. The van der Waals surface area contributed by atoms with Crippen molar-refractivity contribution in [3.63, 3.8) is 0 Å². The summed E-state index contributed by atoms with van der Waals surface area (Å²) in [6.45, 7) is 4.18. The lowest BCUT2D eigenvalue weighted by Crippen LogP contribution is -2.11. The fourth-order valence-electron chi connectivity index (χ4n) is 1.80. The van der Waals surface area contributed by atoms with Crippen LogP contribution in [0.5, 0.6) is 0 Å². The number of unbranched alkanes of at least 4 members (excludes halogenated alkanes) is 3. The standard InChI is InChI=1S/C14H23NO2S/c1-3-5-6-7-9-12(14-15-10-11-18-14)17-13(16)8-4-2/h10-12H,3-9H2,1-2H3/t12-/m1/s1. The van der Waals surface area contributed by atoms with Gasteiger partial charge in [0.15, 0.2) is 6.10 Å². The average molecular weight is 269 g/mol. The molecule has 0 spiro atoms. The van der Waals surface area contributed by atoms with Gasteiger partial charge in [-0.05, 0) is 19.3 Å². The number of ether oxygens (including phenoxy) is 1. The number of carbonyl (C=O) groups is 1. The van der Waals surface area contributed by atoms with Gasteiger partial charge >= 0.3 is 5.97 Å². The summed E-state index contributed by atoms with van der Waals surface area (Å²) in [5, 5.41) is 2.86. The van der Waals surface area contributed by atoms with E-state index in [1.54, 1.807) is 17.5 Å². The lowest BCUT2D eigenvalue weighted by Gasteiger charge is -2.15. The van der Waals surface area contributed by atoms with Gasteiger partial charge in [0.25, 0.3) is 0 Å². The molecule has 0 aliphatic heterocycles. The Kier molecular flexibility index (Phi) is 7.65. The molecule has 0 bridgehead atoms. The third-order valence-corrected chi connectivity index (χ3v) is 3.64. The van der Waals surface area contributed by atoms with Crippen molar-refractivity contribution in [2.75, 3.05) is 0 Å². The van der Waals surface area contributed by atoms with Crippen molar-refractivity contribution in [2.24, 2.45) is 0 Å². The van der Waals surface area contributed by atoms with E-state index < -0.39 is 0 Å². The largest absolute Gasteiger partial charge is 0.455 e. The first-order chi connectivity index (χ1) is 8.77. The van der Waals surface area contributed by atoms with Crippen LogP contribution in [0.15, 0.2) is 11.6 Å². The normalized spacial score (nSPS) is 12.3. The molecule has 0 N–H and O–H groups in total. The minimum Gasteiger partial charge on any atom is -0.455 e. The van der Waals surface area contributed by atoms with Gasteiger partial charge in [0.1, 0.15) is 5.01 Å². The number of thiazole rings is 1. The van der Waals surface area contributed by atoms with Crippen LogP contribution >= 0.6 is 11.3 Å². The molecule has 0 saturated heterocycles. The third-order valence-electron chi connectivity index (χ3n) is 2.77. The highest BCUT2D eigenvalue weighted by molar-refractivity contribution is 7.09. The maximum atomic E-state index is 11.6. The van der Waals surface area contributed by atoms with Crippen LogP contribution in [0.4, 0.5) is 0 Å². The highest BCUT2D eigenvalue weighted by Gasteiger charge is 2.18.